The summed E-state index contributed by atoms with van der Waals surface area (Å²) in [6.07, 6.45) is 4.21. The SMILES string of the molecule is CCOC(=O)C(CCCCCCBr)C(=O)O. The van der Waals surface area contributed by atoms with Gasteiger partial charge in [0.1, 0.15) is 0 Å². The molecular formula is C11H19BrO4. The Kier molecular flexibility index (Phi) is 9.28. The van der Waals surface area contributed by atoms with E-state index < -0.39 is 17.9 Å². The van der Waals surface area contributed by atoms with Crippen molar-refractivity contribution < 1.29 is 19.4 Å². The summed E-state index contributed by atoms with van der Waals surface area (Å²) in [5.74, 6) is -2.70. The summed E-state index contributed by atoms with van der Waals surface area (Å²) in [4.78, 5) is 22.1. The number of carbonyl (C=O) groups excluding carboxylic acids is 1. The van der Waals surface area contributed by atoms with Crippen LogP contribution in [0.2, 0.25) is 0 Å². The van der Waals surface area contributed by atoms with Gasteiger partial charge in [0.2, 0.25) is 0 Å². The predicted molar refractivity (Wildman–Crippen MR) is 64.6 cm³/mol. The van der Waals surface area contributed by atoms with Crippen LogP contribution in [0.25, 0.3) is 0 Å². The molecular weight excluding hydrogens is 276 g/mol. The Labute approximate surface area is 104 Å². The molecule has 0 aromatic rings. The minimum atomic E-state index is -1.08. The molecule has 0 fully saturated rings. The Morgan fingerprint density at radius 1 is 1.25 bits per heavy atom. The standard InChI is InChI=1S/C11H19BrO4/c1-2-16-11(15)9(10(13)14)7-5-3-4-6-8-12/h9H,2-8H2,1H3,(H,13,14). The van der Waals surface area contributed by atoms with Gasteiger partial charge in [-0.3, -0.25) is 9.59 Å². The summed E-state index contributed by atoms with van der Waals surface area (Å²) >= 11 is 3.33. The van der Waals surface area contributed by atoms with Gasteiger partial charge in [-0.15, -0.1) is 0 Å². The van der Waals surface area contributed by atoms with Crippen molar-refractivity contribution >= 4 is 27.9 Å². The molecule has 4 nitrogen and oxygen atoms in total. The quantitative estimate of drug-likeness (QED) is 0.307. The van der Waals surface area contributed by atoms with Gasteiger partial charge in [0.05, 0.1) is 6.61 Å². The van der Waals surface area contributed by atoms with E-state index in [0.29, 0.717) is 6.42 Å². The Morgan fingerprint density at radius 3 is 2.38 bits per heavy atom. The lowest BCUT2D eigenvalue weighted by molar-refractivity contribution is -0.158. The number of unbranched alkanes of at least 4 members (excludes halogenated alkanes) is 3. The van der Waals surface area contributed by atoms with Crippen molar-refractivity contribution in [1.82, 2.24) is 0 Å². The maximum absolute atomic E-state index is 11.3. The van der Waals surface area contributed by atoms with E-state index in [1.807, 2.05) is 0 Å². The Balaban J connectivity index is 3.86. The van der Waals surface area contributed by atoms with Crippen LogP contribution < -0.4 is 0 Å². The molecule has 0 rings (SSSR count). The summed E-state index contributed by atoms with van der Waals surface area (Å²) in [5.41, 5.74) is 0. The highest BCUT2D eigenvalue weighted by molar-refractivity contribution is 9.09. The van der Waals surface area contributed by atoms with E-state index in [4.69, 9.17) is 9.84 Å². The first-order chi connectivity index (χ1) is 7.63. The molecule has 0 aliphatic carbocycles. The molecule has 0 aromatic heterocycles. The third-order valence-corrected chi connectivity index (χ3v) is 2.81. The van der Waals surface area contributed by atoms with Crippen molar-refractivity contribution in [2.45, 2.75) is 39.0 Å². The molecule has 0 radical (unpaired) electrons. The molecule has 0 aliphatic heterocycles. The van der Waals surface area contributed by atoms with Gasteiger partial charge in [0.15, 0.2) is 5.92 Å². The molecule has 94 valence electrons. The van der Waals surface area contributed by atoms with Crippen LogP contribution in [-0.2, 0) is 14.3 Å². The molecule has 0 amide bonds. The number of aliphatic carboxylic acids is 1. The van der Waals surface area contributed by atoms with Crippen molar-refractivity contribution in [3.8, 4) is 0 Å². The smallest absolute Gasteiger partial charge is 0.320 e. The number of alkyl halides is 1. The number of esters is 1. The third-order valence-electron chi connectivity index (χ3n) is 2.25. The van der Waals surface area contributed by atoms with Crippen LogP contribution in [-0.4, -0.2) is 29.0 Å². The lowest BCUT2D eigenvalue weighted by atomic mass is 10.0. The molecule has 0 aliphatic rings. The van der Waals surface area contributed by atoms with Gasteiger partial charge < -0.3 is 9.84 Å². The van der Waals surface area contributed by atoms with Crippen molar-refractivity contribution in [2.24, 2.45) is 5.92 Å². The zero-order chi connectivity index (χ0) is 12.4. The first-order valence-corrected chi connectivity index (χ1v) is 6.71. The maximum Gasteiger partial charge on any atom is 0.320 e. The number of ether oxygens (including phenoxy) is 1. The van der Waals surface area contributed by atoms with Gasteiger partial charge in [-0.25, -0.2) is 0 Å². The maximum atomic E-state index is 11.3. The summed E-state index contributed by atoms with van der Waals surface area (Å²) in [7, 11) is 0. The minimum Gasteiger partial charge on any atom is -0.481 e. The fraction of sp³-hybridized carbons (Fsp3) is 0.818. The zero-order valence-corrected chi connectivity index (χ0v) is 11.2. The van der Waals surface area contributed by atoms with E-state index in [9.17, 15) is 9.59 Å². The summed E-state index contributed by atoms with van der Waals surface area (Å²) in [6, 6.07) is 0. The number of carboxylic acid groups (broad SMARTS) is 1. The van der Waals surface area contributed by atoms with Gasteiger partial charge >= 0.3 is 11.9 Å². The highest BCUT2D eigenvalue weighted by atomic mass is 79.9. The molecule has 16 heavy (non-hydrogen) atoms. The molecule has 0 spiro atoms. The van der Waals surface area contributed by atoms with Gasteiger partial charge in [0.25, 0.3) is 0 Å². The highest BCUT2D eigenvalue weighted by Crippen LogP contribution is 2.13. The molecule has 5 heteroatoms. The van der Waals surface area contributed by atoms with Crippen LogP contribution in [0.15, 0.2) is 0 Å². The lowest BCUT2D eigenvalue weighted by Gasteiger charge is -2.10. The highest BCUT2D eigenvalue weighted by Gasteiger charge is 2.26. The van der Waals surface area contributed by atoms with Crippen LogP contribution in [0.1, 0.15) is 39.0 Å². The Bertz CT molecular complexity index is 218. The number of hydrogen-bond acceptors (Lipinski definition) is 3. The Hall–Kier alpha value is -0.580. The van der Waals surface area contributed by atoms with Crippen molar-refractivity contribution in [3.63, 3.8) is 0 Å². The number of halogens is 1. The monoisotopic (exact) mass is 294 g/mol. The molecule has 0 saturated carbocycles. The van der Waals surface area contributed by atoms with Gasteiger partial charge in [0, 0.05) is 5.33 Å². The van der Waals surface area contributed by atoms with E-state index in [1.165, 1.54) is 0 Å². The summed E-state index contributed by atoms with van der Waals surface area (Å²) in [6.45, 7) is 1.90. The summed E-state index contributed by atoms with van der Waals surface area (Å²) in [5, 5.41) is 9.83. The molecule has 1 unspecified atom stereocenters. The van der Waals surface area contributed by atoms with Gasteiger partial charge in [-0.1, -0.05) is 35.2 Å². The van der Waals surface area contributed by atoms with Gasteiger partial charge in [-0.2, -0.15) is 0 Å². The molecule has 0 bridgehead atoms. The first-order valence-electron chi connectivity index (χ1n) is 5.58. The predicted octanol–water partition coefficient (Wildman–Crippen LogP) is 2.60. The van der Waals surface area contributed by atoms with Crippen LogP contribution in [0, 0.1) is 5.92 Å². The van der Waals surface area contributed by atoms with E-state index in [0.717, 1.165) is 31.0 Å². The van der Waals surface area contributed by atoms with Crippen molar-refractivity contribution in [3.05, 3.63) is 0 Å². The van der Waals surface area contributed by atoms with Crippen molar-refractivity contribution in [1.29, 1.82) is 0 Å². The van der Waals surface area contributed by atoms with Gasteiger partial charge in [-0.05, 0) is 19.8 Å². The lowest BCUT2D eigenvalue weighted by Crippen LogP contribution is -2.25. The number of carboxylic acids is 1. The van der Waals surface area contributed by atoms with Crippen LogP contribution in [0.4, 0.5) is 0 Å². The molecule has 1 N–H and O–H groups in total. The summed E-state index contributed by atoms with van der Waals surface area (Å²) < 4.78 is 4.72. The fourth-order valence-corrected chi connectivity index (χ4v) is 1.78. The molecule has 1 atom stereocenters. The number of hydrogen-bond donors (Lipinski definition) is 1. The topological polar surface area (TPSA) is 63.6 Å². The van der Waals surface area contributed by atoms with E-state index in [1.54, 1.807) is 6.92 Å². The second-order valence-corrected chi connectivity index (χ2v) is 4.33. The normalized spacial score (nSPS) is 12.1. The zero-order valence-electron chi connectivity index (χ0n) is 9.58. The molecule has 0 saturated heterocycles. The first kappa shape index (κ1) is 15.4. The van der Waals surface area contributed by atoms with E-state index in [2.05, 4.69) is 15.9 Å². The van der Waals surface area contributed by atoms with E-state index >= 15 is 0 Å². The fourth-order valence-electron chi connectivity index (χ4n) is 1.38. The average molecular weight is 295 g/mol. The second-order valence-electron chi connectivity index (χ2n) is 3.53. The number of carbonyl (C=O) groups is 2. The van der Waals surface area contributed by atoms with Crippen molar-refractivity contribution in [2.75, 3.05) is 11.9 Å². The van der Waals surface area contributed by atoms with E-state index in [-0.39, 0.29) is 6.61 Å². The molecule has 0 aromatic carbocycles. The van der Waals surface area contributed by atoms with Crippen LogP contribution >= 0.6 is 15.9 Å². The average Bonchev–Trinajstić information content (AvgIpc) is 2.23. The second kappa shape index (κ2) is 9.63. The molecule has 0 heterocycles. The Morgan fingerprint density at radius 2 is 1.88 bits per heavy atom. The van der Waals surface area contributed by atoms with Crippen LogP contribution in [0.5, 0.6) is 0 Å². The number of rotatable bonds is 9. The largest absolute Gasteiger partial charge is 0.481 e. The van der Waals surface area contributed by atoms with Crippen LogP contribution in [0.3, 0.4) is 0 Å². The third kappa shape index (κ3) is 6.82. The minimum absolute atomic E-state index is 0.228.